The minimum absolute atomic E-state index is 0.0783. The van der Waals surface area contributed by atoms with Crippen LogP contribution in [-0.2, 0) is 11.0 Å². The molecule has 0 aliphatic carbocycles. The molecule has 0 amide bonds. The van der Waals surface area contributed by atoms with Gasteiger partial charge in [-0.05, 0) is 25.8 Å². The number of aromatic nitrogens is 1. The maximum Gasteiger partial charge on any atom is 0.417 e. The smallest absolute Gasteiger partial charge is 0.417 e. The molecule has 1 N–H and O–H groups in total. The van der Waals surface area contributed by atoms with E-state index in [0.29, 0.717) is 19.4 Å². The molecular weight excluding hydrogens is 309 g/mol. The van der Waals surface area contributed by atoms with Crippen LogP contribution in [0.15, 0.2) is 12.3 Å². The van der Waals surface area contributed by atoms with Crippen LogP contribution in [0.2, 0.25) is 5.02 Å². The van der Waals surface area contributed by atoms with Crippen LogP contribution in [0.5, 0.6) is 0 Å². The van der Waals surface area contributed by atoms with Crippen LogP contribution in [0, 0.1) is 5.92 Å². The molecule has 1 aliphatic heterocycles. The first kappa shape index (κ1) is 15.9. The van der Waals surface area contributed by atoms with E-state index in [0.717, 1.165) is 12.3 Å². The van der Waals surface area contributed by atoms with Crippen LogP contribution in [0.25, 0.3) is 0 Å². The summed E-state index contributed by atoms with van der Waals surface area (Å²) >= 11 is 5.91. The van der Waals surface area contributed by atoms with Crippen molar-refractivity contribution in [2.75, 3.05) is 11.4 Å². The van der Waals surface area contributed by atoms with E-state index < -0.39 is 23.6 Å². The number of halogens is 4. The third-order valence-corrected chi connectivity index (χ3v) is 3.92. The topological polar surface area (TPSA) is 53.4 Å². The van der Waals surface area contributed by atoms with Crippen molar-refractivity contribution in [3.8, 4) is 0 Å². The molecule has 1 saturated heterocycles. The fourth-order valence-corrected chi connectivity index (χ4v) is 2.78. The summed E-state index contributed by atoms with van der Waals surface area (Å²) in [6.45, 7) is 2.21. The van der Waals surface area contributed by atoms with E-state index in [1.165, 1.54) is 0 Å². The van der Waals surface area contributed by atoms with Crippen LogP contribution in [0.3, 0.4) is 0 Å². The van der Waals surface area contributed by atoms with E-state index in [-0.39, 0.29) is 16.9 Å². The minimum Gasteiger partial charge on any atom is -0.481 e. The second-order valence-corrected chi connectivity index (χ2v) is 5.54. The van der Waals surface area contributed by atoms with Crippen LogP contribution in [0.4, 0.5) is 19.0 Å². The molecule has 0 radical (unpaired) electrons. The molecule has 1 aromatic heterocycles. The summed E-state index contributed by atoms with van der Waals surface area (Å²) < 4.78 is 37.7. The Labute approximate surface area is 124 Å². The lowest BCUT2D eigenvalue weighted by Crippen LogP contribution is -2.43. The predicted octanol–water partition coefficient (Wildman–Crippen LogP) is 3.44. The number of hydrogen-bond acceptors (Lipinski definition) is 3. The Balaban J connectivity index is 2.21. The Morgan fingerprint density at radius 3 is 2.67 bits per heavy atom. The summed E-state index contributed by atoms with van der Waals surface area (Å²) in [4.78, 5) is 16.5. The zero-order valence-corrected chi connectivity index (χ0v) is 11.9. The zero-order chi connectivity index (χ0) is 15.8. The molecule has 116 valence electrons. The number of hydrogen-bond donors (Lipinski definition) is 1. The number of aliphatic carboxylic acids is 1. The summed E-state index contributed by atoms with van der Waals surface area (Å²) in [7, 11) is 0. The number of anilines is 1. The van der Waals surface area contributed by atoms with Crippen molar-refractivity contribution in [2.24, 2.45) is 5.92 Å². The van der Waals surface area contributed by atoms with Gasteiger partial charge in [-0.1, -0.05) is 11.6 Å². The number of carboxylic acids is 1. The quantitative estimate of drug-likeness (QED) is 0.906. The van der Waals surface area contributed by atoms with Crippen molar-refractivity contribution in [1.82, 2.24) is 4.98 Å². The molecular formula is C13H14ClF3N2O2. The summed E-state index contributed by atoms with van der Waals surface area (Å²) in [6.07, 6.45) is -2.92. The minimum atomic E-state index is -4.49. The first-order valence-electron chi connectivity index (χ1n) is 6.42. The first-order chi connectivity index (χ1) is 9.70. The lowest BCUT2D eigenvalue weighted by Gasteiger charge is -2.37. The zero-order valence-electron chi connectivity index (χ0n) is 11.2. The molecule has 0 spiro atoms. The van der Waals surface area contributed by atoms with Gasteiger partial charge in [-0.15, -0.1) is 0 Å². The second-order valence-electron chi connectivity index (χ2n) is 5.13. The Kier molecular flexibility index (Phi) is 4.32. The van der Waals surface area contributed by atoms with Gasteiger partial charge < -0.3 is 10.0 Å². The maximum atomic E-state index is 12.6. The van der Waals surface area contributed by atoms with Crippen LogP contribution < -0.4 is 4.90 Å². The maximum absolute atomic E-state index is 12.6. The highest BCUT2D eigenvalue weighted by atomic mass is 35.5. The summed E-state index contributed by atoms with van der Waals surface area (Å²) in [5.74, 6) is -1.03. The highest BCUT2D eigenvalue weighted by Gasteiger charge is 2.34. The third-order valence-electron chi connectivity index (χ3n) is 3.65. The highest BCUT2D eigenvalue weighted by Crippen LogP contribution is 2.36. The van der Waals surface area contributed by atoms with Crippen molar-refractivity contribution < 1.29 is 23.1 Å². The highest BCUT2D eigenvalue weighted by molar-refractivity contribution is 6.33. The Morgan fingerprint density at radius 1 is 1.52 bits per heavy atom. The van der Waals surface area contributed by atoms with Crippen molar-refractivity contribution in [3.63, 3.8) is 0 Å². The molecule has 1 aliphatic rings. The van der Waals surface area contributed by atoms with Crippen LogP contribution in [0.1, 0.15) is 25.3 Å². The third kappa shape index (κ3) is 3.40. The number of pyridine rings is 1. The van der Waals surface area contributed by atoms with Gasteiger partial charge in [-0.25, -0.2) is 4.98 Å². The molecule has 1 fully saturated rings. The van der Waals surface area contributed by atoms with Crippen molar-refractivity contribution >= 4 is 23.4 Å². The number of nitrogens with zero attached hydrogens (tertiary/aromatic N) is 2. The number of alkyl halides is 3. The van der Waals surface area contributed by atoms with Gasteiger partial charge in [0.15, 0.2) is 0 Å². The monoisotopic (exact) mass is 322 g/mol. The Bertz CT molecular complexity index is 551. The molecule has 8 heteroatoms. The number of carboxylic acid groups (broad SMARTS) is 1. The fraction of sp³-hybridized carbons (Fsp3) is 0.538. The van der Waals surface area contributed by atoms with Gasteiger partial charge >= 0.3 is 12.1 Å². The van der Waals surface area contributed by atoms with E-state index >= 15 is 0 Å². The Morgan fingerprint density at radius 2 is 2.19 bits per heavy atom. The van der Waals surface area contributed by atoms with Gasteiger partial charge in [0, 0.05) is 18.8 Å². The van der Waals surface area contributed by atoms with E-state index in [1.807, 2.05) is 6.92 Å². The SMILES string of the molecule is CC1CC(C(=O)O)CCN1c1ncc(C(F)(F)F)cc1Cl. The first-order valence-corrected chi connectivity index (χ1v) is 6.80. The number of rotatable bonds is 2. The molecule has 0 bridgehead atoms. The summed E-state index contributed by atoms with van der Waals surface area (Å²) in [6, 6.07) is 0.696. The molecule has 1 aromatic rings. The van der Waals surface area contributed by atoms with Crippen molar-refractivity contribution in [2.45, 2.75) is 32.0 Å². The average Bonchev–Trinajstić information content (AvgIpc) is 2.38. The van der Waals surface area contributed by atoms with Gasteiger partial charge in [0.05, 0.1) is 16.5 Å². The number of carbonyl (C=O) groups is 1. The van der Waals surface area contributed by atoms with Gasteiger partial charge in [0.25, 0.3) is 0 Å². The molecule has 2 atom stereocenters. The molecule has 0 aromatic carbocycles. The van der Waals surface area contributed by atoms with Gasteiger partial charge in [-0.3, -0.25) is 4.79 Å². The van der Waals surface area contributed by atoms with Gasteiger partial charge in [-0.2, -0.15) is 13.2 Å². The second kappa shape index (κ2) is 5.71. The van der Waals surface area contributed by atoms with Crippen LogP contribution in [-0.4, -0.2) is 28.6 Å². The molecule has 21 heavy (non-hydrogen) atoms. The van der Waals surface area contributed by atoms with Crippen LogP contribution >= 0.6 is 11.6 Å². The Hall–Kier alpha value is -1.50. The predicted molar refractivity (Wildman–Crippen MR) is 71.4 cm³/mol. The lowest BCUT2D eigenvalue weighted by molar-refractivity contribution is -0.142. The van der Waals surface area contributed by atoms with E-state index in [4.69, 9.17) is 16.7 Å². The molecule has 0 saturated carbocycles. The van der Waals surface area contributed by atoms with E-state index in [9.17, 15) is 18.0 Å². The normalized spacial score (nSPS) is 23.2. The van der Waals surface area contributed by atoms with Crippen molar-refractivity contribution in [1.29, 1.82) is 0 Å². The summed E-state index contributed by atoms with van der Waals surface area (Å²) in [5, 5.41) is 8.93. The molecule has 4 nitrogen and oxygen atoms in total. The standard InChI is InChI=1S/C13H14ClF3N2O2/c1-7-4-8(12(20)21)2-3-19(7)11-10(14)5-9(6-18-11)13(15,16)17/h5-8H,2-4H2,1H3,(H,20,21). The fourth-order valence-electron chi connectivity index (χ4n) is 2.51. The summed E-state index contributed by atoms with van der Waals surface area (Å²) in [5.41, 5.74) is -0.899. The molecule has 2 heterocycles. The van der Waals surface area contributed by atoms with Gasteiger partial charge in [0.1, 0.15) is 5.82 Å². The van der Waals surface area contributed by atoms with E-state index in [2.05, 4.69) is 4.98 Å². The average molecular weight is 323 g/mol. The lowest BCUT2D eigenvalue weighted by atomic mass is 9.92. The van der Waals surface area contributed by atoms with E-state index in [1.54, 1.807) is 4.90 Å². The largest absolute Gasteiger partial charge is 0.481 e. The van der Waals surface area contributed by atoms with Gasteiger partial charge in [0.2, 0.25) is 0 Å². The number of piperidine rings is 1. The molecule has 2 rings (SSSR count). The van der Waals surface area contributed by atoms with Crippen molar-refractivity contribution in [3.05, 3.63) is 22.8 Å². The molecule has 2 unspecified atom stereocenters.